The van der Waals surface area contributed by atoms with Crippen LogP contribution in [0.25, 0.3) is 10.9 Å². The highest BCUT2D eigenvalue weighted by Crippen LogP contribution is 2.68. The molecule has 2 fully saturated rings. The first-order valence-electron chi connectivity index (χ1n) is 20.3. The molecule has 12 nitrogen and oxygen atoms in total. The van der Waals surface area contributed by atoms with E-state index in [-0.39, 0.29) is 30.3 Å². The number of methoxy groups -OCH3 is 3. The highest BCUT2D eigenvalue weighted by molar-refractivity contribution is 5.95. The van der Waals surface area contributed by atoms with Gasteiger partial charge in [0.05, 0.1) is 27.4 Å². The number of nitrogens with zero attached hydrogens (tertiary/aromatic N) is 3. The van der Waals surface area contributed by atoms with Gasteiger partial charge in [-0.25, -0.2) is 4.79 Å². The maximum atomic E-state index is 15.2. The van der Waals surface area contributed by atoms with Crippen LogP contribution in [0.3, 0.4) is 0 Å². The third kappa shape index (κ3) is 5.07. The Kier molecular flexibility index (Phi) is 9.85. The summed E-state index contributed by atoms with van der Waals surface area (Å²) in [5.74, 6) is -1.31. The number of hydrogen-bond acceptors (Lipinski definition) is 11. The van der Waals surface area contributed by atoms with Crippen LogP contribution in [0, 0.1) is 11.3 Å². The number of nitrogens with one attached hydrogen (secondary N) is 1. The third-order valence-electron chi connectivity index (χ3n) is 14.8. The number of likely N-dealkylation sites (N-methyl/N-ethyl adjacent to an activating group) is 1. The summed E-state index contributed by atoms with van der Waals surface area (Å²) in [4.78, 5) is 53.1. The number of carbonyl (C=O) groups excluding carboxylic acids is 3. The quantitative estimate of drug-likeness (QED) is 0.186. The summed E-state index contributed by atoms with van der Waals surface area (Å²) in [5, 5.41) is 14.4. The van der Waals surface area contributed by atoms with E-state index < -0.39 is 45.9 Å². The summed E-state index contributed by atoms with van der Waals surface area (Å²) in [5.41, 5.74) is 1.05. The molecule has 9 atom stereocenters. The SMILES string of the molecule is CCC1=C[C@@H]2C[N@](C1)Cc1c([nH]c3ccccc13)[C@@](C(=O)OC)(c1cc3c(cc1OC)N(C)[C@H]1[C@@](O)(C(=O)OC)[C@H](OC(C)=O)[C@]4(CC)C=CCN5CC[C@]31[C@@H]54)C2.Cl. The van der Waals surface area contributed by atoms with Crippen molar-refractivity contribution >= 4 is 46.9 Å². The normalized spacial score (nSPS) is 34.3. The van der Waals surface area contributed by atoms with Crippen LogP contribution in [0.5, 0.6) is 5.75 Å². The van der Waals surface area contributed by atoms with E-state index in [1.54, 1.807) is 7.11 Å². The van der Waals surface area contributed by atoms with Gasteiger partial charge in [0.1, 0.15) is 11.2 Å². The Balaban J connectivity index is 0.00000469. The minimum Gasteiger partial charge on any atom is -0.496 e. The van der Waals surface area contributed by atoms with Gasteiger partial charge in [0.25, 0.3) is 0 Å². The summed E-state index contributed by atoms with van der Waals surface area (Å²) >= 11 is 0. The fraction of sp³-hybridized carbons (Fsp3) is 0.533. The fourth-order valence-corrected chi connectivity index (χ4v) is 12.8. The molecule has 1 aromatic heterocycles. The summed E-state index contributed by atoms with van der Waals surface area (Å²) in [6.45, 7) is 9.19. The lowest BCUT2D eigenvalue weighted by molar-refractivity contribution is -0.228. The van der Waals surface area contributed by atoms with Crippen LogP contribution in [0.4, 0.5) is 5.69 Å². The monoisotopic (exact) mass is 814 g/mol. The van der Waals surface area contributed by atoms with Crippen molar-refractivity contribution in [3.63, 3.8) is 0 Å². The van der Waals surface area contributed by atoms with E-state index in [0.717, 1.165) is 52.9 Å². The lowest BCUT2D eigenvalue weighted by Crippen LogP contribution is -2.81. The van der Waals surface area contributed by atoms with Gasteiger partial charge in [-0.2, -0.15) is 0 Å². The average Bonchev–Trinajstić information content (AvgIpc) is 3.87. The molecule has 0 amide bonds. The van der Waals surface area contributed by atoms with E-state index in [0.29, 0.717) is 50.2 Å². The fourth-order valence-electron chi connectivity index (χ4n) is 12.8. The lowest BCUT2D eigenvalue weighted by Gasteiger charge is -2.63. The lowest BCUT2D eigenvalue weighted by atomic mass is 9.47. The van der Waals surface area contributed by atoms with Crippen LogP contribution in [0.15, 0.2) is 60.2 Å². The zero-order valence-electron chi connectivity index (χ0n) is 34.4. The van der Waals surface area contributed by atoms with E-state index >= 15 is 4.79 Å². The van der Waals surface area contributed by atoms with Gasteiger partial charge in [-0.3, -0.25) is 19.4 Å². The van der Waals surface area contributed by atoms with Crippen LogP contribution in [-0.2, 0) is 46.0 Å². The van der Waals surface area contributed by atoms with Gasteiger partial charge in [0.15, 0.2) is 6.10 Å². The topological polar surface area (TPSA) is 134 Å². The number of benzene rings is 2. The molecule has 5 aliphatic heterocycles. The molecule has 9 rings (SSSR count). The van der Waals surface area contributed by atoms with Crippen molar-refractivity contribution < 1.29 is 38.4 Å². The Morgan fingerprint density at radius 1 is 1.00 bits per heavy atom. The standard InChI is InChI=1S/C45H54N4O8.ClH/c1-8-27-19-28-22-44(40(51)55-6,36-30(25-48(23-27)24-28)29-13-10-11-14-33(29)46-36)32-20-31-34(21-35(32)54-5)47(4)38-43(31)16-18-49-17-12-15-42(9-2,37(43)49)39(57-26(3)50)45(38,53)41(52)56-7;/h10-15,19-21,28,37-39,46,53H,8-9,16-18,22-25H2,1-7H3;1H/t28-,37-,38+,39+,42+,43+,44-,45-;/m0./s1. The number of H-pyrrole nitrogens is 1. The predicted molar refractivity (Wildman–Crippen MR) is 221 cm³/mol. The van der Waals surface area contributed by atoms with Crippen molar-refractivity contribution in [1.82, 2.24) is 14.8 Å². The molecule has 6 heterocycles. The largest absolute Gasteiger partial charge is 0.496 e. The van der Waals surface area contributed by atoms with Crippen LogP contribution in [-0.4, -0.2) is 116 Å². The number of anilines is 1. The number of aliphatic hydroxyl groups is 1. The Labute approximate surface area is 345 Å². The molecule has 1 spiro atoms. The zero-order chi connectivity index (χ0) is 40.2. The molecule has 58 heavy (non-hydrogen) atoms. The Morgan fingerprint density at radius 3 is 2.45 bits per heavy atom. The van der Waals surface area contributed by atoms with Crippen molar-refractivity contribution in [1.29, 1.82) is 0 Å². The summed E-state index contributed by atoms with van der Waals surface area (Å²) in [6, 6.07) is 11.2. The van der Waals surface area contributed by atoms with Gasteiger partial charge in [-0.1, -0.05) is 55.8 Å². The first-order valence-corrected chi connectivity index (χ1v) is 20.3. The van der Waals surface area contributed by atoms with Gasteiger partial charge < -0.3 is 33.9 Å². The highest BCUT2D eigenvalue weighted by Gasteiger charge is 2.80. The molecule has 2 bridgehead atoms. The smallest absolute Gasteiger partial charge is 0.344 e. The number of carbonyl (C=O) groups is 3. The molecule has 310 valence electrons. The second-order valence-corrected chi connectivity index (χ2v) is 17.2. The number of hydrogen-bond donors (Lipinski definition) is 2. The molecule has 1 saturated heterocycles. The zero-order valence-corrected chi connectivity index (χ0v) is 35.2. The molecule has 0 radical (unpaired) electrons. The van der Waals surface area contributed by atoms with Gasteiger partial charge in [-0.15, -0.1) is 12.4 Å². The third-order valence-corrected chi connectivity index (χ3v) is 14.8. The molecule has 0 unspecified atom stereocenters. The van der Waals surface area contributed by atoms with Crippen molar-refractivity contribution in [2.45, 2.75) is 87.6 Å². The van der Waals surface area contributed by atoms with Crippen LogP contribution < -0.4 is 9.64 Å². The first-order chi connectivity index (χ1) is 27.4. The maximum Gasteiger partial charge on any atom is 0.344 e. The molecular weight excluding hydrogens is 760 g/mol. The molecule has 1 saturated carbocycles. The summed E-state index contributed by atoms with van der Waals surface area (Å²) < 4.78 is 23.9. The Hall–Kier alpha value is -4.36. The van der Waals surface area contributed by atoms with Crippen molar-refractivity contribution in [3.05, 3.63) is 82.6 Å². The van der Waals surface area contributed by atoms with E-state index in [2.05, 4.69) is 58.1 Å². The Morgan fingerprint density at radius 2 is 1.76 bits per heavy atom. The van der Waals surface area contributed by atoms with Crippen LogP contribution in [0.2, 0.25) is 0 Å². The van der Waals surface area contributed by atoms with E-state index in [4.69, 9.17) is 18.9 Å². The number of fused-ring (bicyclic) bond motifs is 6. The van der Waals surface area contributed by atoms with Crippen molar-refractivity contribution in [3.8, 4) is 5.75 Å². The van der Waals surface area contributed by atoms with Gasteiger partial charge in [-0.05, 0) is 61.4 Å². The highest BCUT2D eigenvalue weighted by atomic mass is 35.5. The van der Waals surface area contributed by atoms with E-state index in [9.17, 15) is 14.7 Å². The van der Waals surface area contributed by atoms with Crippen molar-refractivity contribution in [2.75, 3.05) is 59.5 Å². The molecule has 13 heteroatoms. The molecule has 2 N–H and O–H groups in total. The molecule has 1 aliphatic carbocycles. The van der Waals surface area contributed by atoms with Crippen molar-refractivity contribution in [2.24, 2.45) is 11.3 Å². The second kappa shape index (κ2) is 14.1. The van der Waals surface area contributed by atoms with Gasteiger partial charge >= 0.3 is 17.9 Å². The summed E-state index contributed by atoms with van der Waals surface area (Å²) in [6.07, 6.45) is 7.67. The number of aromatic amines is 1. The molecular formula is C45H55ClN4O8. The predicted octanol–water partition coefficient (Wildman–Crippen LogP) is 5.18. The van der Waals surface area contributed by atoms with Crippen LogP contribution in [0.1, 0.15) is 68.8 Å². The molecule has 2 aromatic carbocycles. The minimum atomic E-state index is -2.27. The molecule has 3 aromatic rings. The van der Waals surface area contributed by atoms with E-state index in [1.807, 2.05) is 37.1 Å². The second-order valence-electron chi connectivity index (χ2n) is 17.2. The van der Waals surface area contributed by atoms with E-state index in [1.165, 1.54) is 26.7 Å². The molecule has 6 aliphatic rings. The van der Waals surface area contributed by atoms with Gasteiger partial charge in [0.2, 0.25) is 5.60 Å². The minimum absolute atomic E-state index is 0. The number of esters is 3. The number of halogens is 1. The van der Waals surface area contributed by atoms with Gasteiger partial charge in [0, 0.05) is 90.9 Å². The maximum absolute atomic E-state index is 15.2. The summed E-state index contributed by atoms with van der Waals surface area (Å²) in [7, 11) is 6.22. The first kappa shape index (κ1) is 40.4. The average molecular weight is 815 g/mol. The number of aromatic nitrogens is 1. The van der Waals surface area contributed by atoms with Crippen LogP contribution >= 0.6 is 12.4 Å². The number of rotatable bonds is 7. The number of ether oxygens (including phenoxy) is 4. The Bertz CT molecular complexity index is 2260. The number of para-hydroxylation sites is 1.